The van der Waals surface area contributed by atoms with Crippen LogP contribution in [0.3, 0.4) is 0 Å². The first-order chi connectivity index (χ1) is 21.0. The second kappa shape index (κ2) is 9.37. The van der Waals surface area contributed by atoms with Crippen LogP contribution in [-0.2, 0) is 0 Å². The molecule has 0 aliphatic rings. The van der Waals surface area contributed by atoms with Crippen molar-refractivity contribution in [2.24, 2.45) is 0 Å². The van der Waals surface area contributed by atoms with E-state index in [-0.39, 0.29) is 27.8 Å². The van der Waals surface area contributed by atoms with Crippen LogP contribution in [-0.4, -0.2) is 4.98 Å². The Morgan fingerprint density at radius 3 is 1.88 bits per heavy atom. The number of halogens is 3. The molecule has 0 radical (unpaired) electrons. The van der Waals surface area contributed by atoms with E-state index < -0.39 is 17.5 Å². The maximum absolute atomic E-state index is 15.2. The Labute approximate surface area is 243 Å². The highest BCUT2D eigenvalue weighted by atomic mass is 19.2. The van der Waals surface area contributed by atoms with Crippen LogP contribution in [0.4, 0.5) is 13.2 Å². The van der Waals surface area contributed by atoms with Crippen molar-refractivity contribution in [1.82, 2.24) is 4.98 Å². The van der Waals surface area contributed by atoms with Crippen molar-refractivity contribution in [3.8, 4) is 39.4 Å². The van der Waals surface area contributed by atoms with E-state index in [2.05, 4.69) is 23.2 Å². The summed E-state index contributed by atoms with van der Waals surface area (Å²) in [5.74, 6) is -4.39. The van der Waals surface area contributed by atoms with Gasteiger partial charge in [0.2, 0.25) is 0 Å². The van der Waals surface area contributed by atoms with Crippen molar-refractivity contribution in [2.45, 2.75) is 0 Å². The van der Waals surface area contributed by atoms with Crippen molar-refractivity contribution in [1.29, 1.82) is 5.26 Å². The van der Waals surface area contributed by atoms with Crippen molar-refractivity contribution in [3.05, 3.63) is 132 Å². The van der Waals surface area contributed by atoms with Gasteiger partial charge in [-0.05, 0) is 46.5 Å². The minimum absolute atomic E-state index is 0.261. The number of nitrogens with one attached hydrogen (secondary N) is 1. The van der Waals surface area contributed by atoms with Crippen LogP contribution < -0.4 is 0 Å². The summed E-state index contributed by atoms with van der Waals surface area (Å²) >= 11 is 0. The Hall–Kier alpha value is -5.80. The molecule has 0 fully saturated rings. The highest BCUT2D eigenvalue weighted by molar-refractivity contribution is 6.16. The molecule has 204 valence electrons. The molecule has 3 nitrogen and oxygen atoms in total. The van der Waals surface area contributed by atoms with E-state index in [1.807, 2.05) is 42.5 Å². The number of rotatable bonds is 3. The van der Waals surface area contributed by atoms with E-state index in [0.717, 1.165) is 54.9 Å². The normalized spacial score (nSPS) is 11.6. The lowest BCUT2D eigenvalue weighted by Crippen LogP contribution is -2.03. The fraction of sp³-hybridized carbons (Fsp3) is 0. The predicted octanol–water partition coefficient (Wildman–Crippen LogP) is 10.5. The molecule has 0 atom stereocenters. The summed E-state index contributed by atoms with van der Waals surface area (Å²) in [7, 11) is 0. The third-order valence-corrected chi connectivity index (χ3v) is 8.10. The minimum atomic E-state index is -1.61. The fourth-order valence-corrected chi connectivity index (χ4v) is 6.05. The smallest absolute Gasteiger partial charge is 0.195 e. The largest absolute Gasteiger partial charge is 0.456 e. The van der Waals surface area contributed by atoms with Crippen LogP contribution in [0.15, 0.2) is 114 Å². The van der Waals surface area contributed by atoms with Gasteiger partial charge >= 0.3 is 0 Å². The van der Waals surface area contributed by atoms with Crippen molar-refractivity contribution in [2.75, 3.05) is 0 Å². The zero-order chi connectivity index (χ0) is 29.2. The van der Waals surface area contributed by atoms with Crippen LogP contribution in [0.5, 0.6) is 0 Å². The monoisotopic (exact) mass is 564 g/mol. The summed E-state index contributed by atoms with van der Waals surface area (Å²) in [5, 5.41) is 14.2. The second-order valence-electron chi connectivity index (χ2n) is 10.5. The summed E-state index contributed by atoms with van der Waals surface area (Å²) < 4.78 is 51.2. The molecule has 43 heavy (non-hydrogen) atoms. The van der Waals surface area contributed by atoms with Crippen molar-refractivity contribution >= 4 is 43.7 Å². The third-order valence-electron chi connectivity index (χ3n) is 8.10. The summed E-state index contributed by atoms with van der Waals surface area (Å²) in [4.78, 5) is 3.45. The number of furan rings is 1. The molecule has 0 saturated carbocycles. The van der Waals surface area contributed by atoms with Crippen LogP contribution >= 0.6 is 0 Å². The summed E-state index contributed by atoms with van der Waals surface area (Å²) in [6.45, 7) is 0. The van der Waals surface area contributed by atoms with E-state index in [0.29, 0.717) is 0 Å². The maximum atomic E-state index is 15.2. The van der Waals surface area contributed by atoms with Gasteiger partial charge in [-0.1, -0.05) is 78.9 Å². The predicted molar refractivity (Wildman–Crippen MR) is 164 cm³/mol. The number of hydrogen-bond donors (Lipinski definition) is 1. The number of aromatic nitrogens is 1. The van der Waals surface area contributed by atoms with E-state index >= 15 is 4.39 Å². The molecule has 0 bridgehead atoms. The van der Waals surface area contributed by atoms with Gasteiger partial charge < -0.3 is 9.40 Å². The number of aromatic amines is 1. The Balaban J connectivity index is 1.22. The molecule has 0 aliphatic carbocycles. The molecule has 0 unspecified atom stereocenters. The van der Waals surface area contributed by atoms with Gasteiger partial charge in [-0.2, -0.15) is 5.26 Å². The molecule has 0 aliphatic heterocycles. The molecule has 1 N–H and O–H groups in total. The Morgan fingerprint density at radius 2 is 1.14 bits per heavy atom. The first-order valence-corrected chi connectivity index (χ1v) is 13.7. The van der Waals surface area contributed by atoms with Crippen LogP contribution in [0.25, 0.3) is 77.1 Å². The van der Waals surface area contributed by atoms with E-state index in [4.69, 9.17) is 4.42 Å². The average molecular weight is 565 g/mol. The molecule has 0 spiro atoms. The van der Waals surface area contributed by atoms with E-state index in [1.54, 1.807) is 54.6 Å². The zero-order valence-electron chi connectivity index (χ0n) is 22.4. The van der Waals surface area contributed by atoms with Gasteiger partial charge in [-0.3, -0.25) is 0 Å². The molecule has 6 aromatic carbocycles. The van der Waals surface area contributed by atoms with E-state index in [1.165, 1.54) is 0 Å². The first kappa shape index (κ1) is 25.0. The lowest BCUT2D eigenvalue weighted by molar-refractivity contribution is 0.450. The maximum Gasteiger partial charge on any atom is 0.195 e. The number of H-pyrrole nitrogens is 1. The number of benzene rings is 6. The molecule has 2 aromatic heterocycles. The average Bonchev–Trinajstić information content (AvgIpc) is 3.59. The highest BCUT2D eigenvalue weighted by Crippen LogP contribution is 2.40. The van der Waals surface area contributed by atoms with Gasteiger partial charge in [-0.25, -0.2) is 13.2 Å². The van der Waals surface area contributed by atoms with Gasteiger partial charge in [-0.15, -0.1) is 0 Å². The van der Waals surface area contributed by atoms with Gasteiger partial charge in [0.1, 0.15) is 17.2 Å². The molecular weight excluding hydrogens is 545 g/mol. The highest BCUT2D eigenvalue weighted by Gasteiger charge is 2.27. The fourth-order valence-electron chi connectivity index (χ4n) is 6.05. The Kier molecular flexibility index (Phi) is 5.44. The molecule has 8 aromatic rings. The SMILES string of the molecule is N#Cc1c(-c2ccccc2)c(F)c(F)c(F)c1-c1ccc(-c2ccc3c(c2)oc2cc4[nH]c5ccccc5c4cc23)cc1. The second-order valence-corrected chi connectivity index (χ2v) is 10.5. The number of nitrogens with zero attached hydrogens (tertiary/aromatic N) is 1. The summed E-state index contributed by atoms with van der Waals surface area (Å²) in [6.07, 6.45) is 0. The quantitative estimate of drug-likeness (QED) is 0.217. The van der Waals surface area contributed by atoms with Gasteiger partial charge in [0.25, 0.3) is 0 Å². The Bertz CT molecular complexity index is 2430. The number of fused-ring (bicyclic) bond motifs is 6. The lowest BCUT2D eigenvalue weighted by atomic mass is 9.90. The van der Waals surface area contributed by atoms with E-state index in [9.17, 15) is 14.0 Å². The lowest BCUT2D eigenvalue weighted by Gasteiger charge is -2.14. The molecule has 8 rings (SSSR count). The minimum Gasteiger partial charge on any atom is -0.456 e. The van der Waals surface area contributed by atoms with Gasteiger partial charge in [0.05, 0.1) is 11.1 Å². The van der Waals surface area contributed by atoms with Crippen molar-refractivity contribution in [3.63, 3.8) is 0 Å². The van der Waals surface area contributed by atoms with Crippen LogP contribution in [0, 0.1) is 28.8 Å². The van der Waals surface area contributed by atoms with Crippen LogP contribution in [0.1, 0.15) is 5.56 Å². The molecule has 0 amide bonds. The number of hydrogen-bond acceptors (Lipinski definition) is 2. The number of nitriles is 1. The van der Waals surface area contributed by atoms with Crippen molar-refractivity contribution < 1.29 is 17.6 Å². The van der Waals surface area contributed by atoms with Crippen LogP contribution in [0.2, 0.25) is 0 Å². The first-order valence-electron chi connectivity index (χ1n) is 13.7. The third kappa shape index (κ3) is 3.75. The standard InChI is InChI=1S/C37H19F3N2O/c38-35-33(21-6-2-1-3-7-21)28(19-41)34(36(39)37(35)40)22-12-10-20(11-13-22)23-14-15-25-27-17-26-24-8-4-5-9-29(24)42-30(26)18-32(27)43-31(25)16-23/h1-18,42H. The Morgan fingerprint density at radius 1 is 0.512 bits per heavy atom. The molecule has 0 saturated heterocycles. The zero-order valence-corrected chi connectivity index (χ0v) is 22.4. The number of para-hydroxylation sites is 1. The topological polar surface area (TPSA) is 52.7 Å². The molecule has 2 heterocycles. The molecule has 6 heteroatoms. The molecular formula is C37H19F3N2O. The van der Waals surface area contributed by atoms with Gasteiger partial charge in [0.15, 0.2) is 17.5 Å². The van der Waals surface area contributed by atoms with Gasteiger partial charge in [0, 0.05) is 44.3 Å². The summed E-state index contributed by atoms with van der Waals surface area (Å²) in [6, 6.07) is 35.1. The summed E-state index contributed by atoms with van der Waals surface area (Å²) in [5.41, 5.74) is 5.00.